The van der Waals surface area contributed by atoms with Crippen LogP contribution in [0.3, 0.4) is 0 Å². The molecule has 1 N–H and O–H groups in total. The molecule has 4 nitrogen and oxygen atoms in total. The van der Waals surface area contributed by atoms with E-state index >= 15 is 0 Å². The van der Waals surface area contributed by atoms with Gasteiger partial charge in [-0.05, 0) is 59.8 Å². The fraction of sp³-hybridized carbons (Fsp3) is 0.538. The van der Waals surface area contributed by atoms with E-state index in [1.54, 1.807) is 25.3 Å². The smallest absolute Gasteiger partial charge is 0.242 e. The number of methoxy groups -OCH3 is 1. The second-order valence-corrected chi connectivity index (χ2v) is 7.40. The molecule has 0 aliphatic heterocycles. The van der Waals surface area contributed by atoms with Gasteiger partial charge in [0.15, 0.2) is 0 Å². The van der Waals surface area contributed by atoms with Crippen molar-refractivity contribution in [3.8, 4) is 0 Å². The van der Waals surface area contributed by atoms with Gasteiger partial charge in [0, 0.05) is 17.6 Å². The maximum atomic E-state index is 12.4. The first-order chi connectivity index (χ1) is 8.94. The van der Waals surface area contributed by atoms with Crippen LogP contribution < -0.4 is 4.72 Å². The molecule has 0 aromatic heterocycles. The van der Waals surface area contributed by atoms with Gasteiger partial charge in [-0.2, -0.15) is 0 Å². The van der Waals surface area contributed by atoms with Crippen LogP contribution in [0.5, 0.6) is 0 Å². The highest BCUT2D eigenvalue weighted by Gasteiger charge is 2.31. The third-order valence-corrected chi connectivity index (χ3v) is 5.91. The van der Waals surface area contributed by atoms with Crippen LogP contribution >= 0.6 is 15.9 Å². The Hall–Kier alpha value is -0.430. The Morgan fingerprint density at radius 2 is 2.11 bits per heavy atom. The number of halogens is 1. The molecule has 0 bridgehead atoms. The number of nitrogens with one attached hydrogen (secondary N) is 1. The van der Waals surface area contributed by atoms with Gasteiger partial charge in [0.25, 0.3) is 0 Å². The summed E-state index contributed by atoms with van der Waals surface area (Å²) in [6.07, 6.45) is 2.68. The Balaban J connectivity index is 2.23. The maximum absolute atomic E-state index is 12.4. The minimum atomic E-state index is -3.51. The van der Waals surface area contributed by atoms with Crippen LogP contribution in [-0.2, 0) is 14.8 Å². The van der Waals surface area contributed by atoms with Crippen molar-refractivity contribution >= 4 is 26.0 Å². The number of benzene rings is 1. The molecule has 2 atom stereocenters. The first-order valence-corrected chi connectivity index (χ1v) is 8.53. The monoisotopic (exact) mass is 347 g/mol. The summed E-state index contributed by atoms with van der Waals surface area (Å²) in [5, 5.41) is 0. The molecule has 1 fully saturated rings. The first-order valence-electron chi connectivity index (χ1n) is 6.25. The SMILES string of the molecule is COC1CCCC1NS(=O)(=O)c1ccc(C)cc1Br. The van der Waals surface area contributed by atoms with Crippen molar-refractivity contribution in [2.75, 3.05) is 7.11 Å². The summed E-state index contributed by atoms with van der Waals surface area (Å²) >= 11 is 3.31. The lowest BCUT2D eigenvalue weighted by molar-refractivity contribution is 0.0916. The molecule has 2 rings (SSSR count). The molecule has 0 saturated heterocycles. The summed E-state index contributed by atoms with van der Waals surface area (Å²) in [5.74, 6) is 0. The number of aryl methyl sites for hydroxylation is 1. The highest BCUT2D eigenvalue weighted by atomic mass is 79.9. The minimum absolute atomic E-state index is 0.0287. The Morgan fingerprint density at radius 3 is 2.74 bits per heavy atom. The van der Waals surface area contributed by atoms with E-state index in [1.165, 1.54) is 0 Å². The van der Waals surface area contributed by atoms with E-state index in [9.17, 15) is 8.42 Å². The van der Waals surface area contributed by atoms with Crippen molar-refractivity contribution in [3.63, 3.8) is 0 Å². The number of hydrogen-bond acceptors (Lipinski definition) is 3. The predicted octanol–water partition coefficient (Wildman–Crippen LogP) is 2.60. The molecule has 1 aromatic rings. The van der Waals surface area contributed by atoms with Gasteiger partial charge in [0.2, 0.25) is 10.0 Å². The fourth-order valence-corrected chi connectivity index (χ4v) is 4.92. The Labute approximate surface area is 122 Å². The molecule has 6 heteroatoms. The third-order valence-electron chi connectivity index (χ3n) is 3.44. The molecule has 1 aliphatic carbocycles. The van der Waals surface area contributed by atoms with E-state index in [0.29, 0.717) is 4.47 Å². The van der Waals surface area contributed by atoms with Crippen LogP contribution in [0.15, 0.2) is 27.6 Å². The third kappa shape index (κ3) is 3.37. The molecule has 1 saturated carbocycles. The molecule has 0 amide bonds. The summed E-state index contributed by atoms with van der Waals surface area (Å²) in [6, 6.07) is 5.08. The number of sulfonamides is 1. The second kappa shape index (κ2) is 5.91. The van der Waals surface area contributed by atoms with Crippen LogP contribution in [0.1, 0.15) is 24.8 Å². The quantitative estimate of drug-likeness (QED) is 0.910. The van der Waals surface area contributed by atoms with Crippen molar-refractivity contribution in [2.45, 2.75) is 43.2 Å². The van der Waals surface area contributed by atoms with E-state index in [4.69, 9.17) is 4.74 Å². The average molecular weight is 348 g/mol. The minimum Gasteiger partial charge on any atom is -0.380 e. The zero-order valence-electron chi connectivity index (χ0n) is 11.0. The van der Waals surface area contributed by atoms with Crippen LogP contribution in [0.4, 0.5) is 0 Å². The van der Waals surface area contributed by atoms with E-state index in [1.807, 2.05) is 6.92 Å². The van der Waals surface area contributed by atoms with Crippen molar-refractivity contribution in [1.29, 1.82) is 0 Å². The molecule has 1 aromatic carbocycles. The lowest BCUT2D eigenvalue weighted by Crippen LogP contribution is -2.40. The van der Waals surface area contributed by atoms with E-state index in [0.717, 1.165) is 24.8 Å². The van der Waals surface area contributed by atoms with Crippen LogP contribution in [-0.4, -0.2) is 27.7 Å². The van der Waals surface area contributed by atoms with E-state index in [-0.39, 0.29) is 17.0 Å². The molecule has 0 spiro atoms. The van der Waals surface area contributed by atoms with Gasteiger partial charge in [-0.3, -0.25) is 0 Å². The molecular formula is C13H18BrNO3S. The molecule has 1 aliphatic rings. The largest absolute Gasteiger partial charge is 0.380 e. The molecule has 0 radical (unpaired) electrons. The van der Waals surface area contributed by atoms with Gasteiger partial charge in [0.1, 0.15) is 0 Å². The van der Waals surface area contributed by atoms with E-state index in [2.05, 4.69) is 20.7 Å². The fourth-order valence-electron chi connectivity index (χ4n) is 2.43. The number of ether oxygens (including phenoxy) is 1. The summed E-state index contributed by atoms with van der Waals surface area (Å²) in [5.41, 5.74) is 1.02. The molecule has 106 valence electrons. The Kier molecular flexibility index (Phi) is 4.66. The lowest BCUT2D eigenvalue weighted by Gasteiger charge is -2.20. The van der Waals surface area contributed by atoms with Crippen molar-refractivity contribution in [3.05, 3.63) is 28.2 Å². The first kappa shape index (κ1) is 15.0. The Bertz CT molecular complexity index is 559. The predicted molar refractivity (Wildman–Crippen MR) is 77.6 cm³/mol. The van der Waals surface area contributed by atoms with Crippen LogP contribution in [0.2, 0.25) is 0 Å². The molecular weight excluding hydrogens is 330 g/mol. The van der Waals surface area contributed by atoms with Gasteiger partial charge in [-0.15, -0.1) is 0 Å². The summed E-state index contributed by atoms with van der Waals surface area (Å²) in [6.45, 7) is 1.92. The van der Waals surface area contributed by atoms with Gasteiger partial charge >= 0.3 is 0 Å². The highest BCUT2D eigenvalue weighted by Crippen LogP contribution is 2.26. The lowest BCUT2D eigenvalue weighted by atomic mass is 10.2. The van der Waals surface area contributed by atoms with E-state index < -0.39 is 10.0 Å². The van der Waals surface area contributed by atoms with Crippen LogP contribution in [0, 0.1) is 6.92 Å². The zero-order valence-corrected chi connectivity index (χ0v) is 13.4. The van der Waals surface area contributed by atoms with Crippen LogP contribution in [0.25, 0.3) is 0 Å². The van der Waals surface area contributed by atoms with Gasteiger partial charge in [-0.25, -0.2) is 13.1 Å². The number of hydrogen-bond donors (Lipinski definition) is 1. The van der Waals surface area contributed by atoms with Gasteiger partial charge in [0.05, 0.1) is 11.0 Å². The summed E-state index contributed by atoms with van der Waals surface area (Å²) in [4.78, 5) is 0.278. The topological polar surface area (TPSA) is 55.4 Å². The average Bonchev–Trinajstić information content (AvgIpc) is 2.74. The standard InChI is InChI=1S/C13H18BrNO3S/c1-9-6-7-13(10(14)8-9)19(16,17)15-11-4-3-5-12(11)18-2/h6-8,11-12,15H,3-5H2,1-2H3. The zero-order chi connectivity index (χ0) is 14.0. The van der Waals surface area contributed by atoms with Gasteiger partial charge in [-0.1, -0.05) is 6.07 Å². The molecule has 2 unspecified atom stereocenters. The summed E-state index contributed by atoms with van der Waals surface area (Å²) < 4.78 is 33.4. The van der Waals surface area contributed by atoms with Crippen molar-refractivity contribution in [1.82, 2.24) is 4.72 Å². The Morgan fingerprint density at radius 1 is 1.37 bits per heavy atom. The summed E-state index contributed by atoms with van der Waals surface area (Å²) in [7, 11) is -1.89. The van der Waals surface area contributed by atoms with Crippen molar-refractivity contribution in [2.24, 2.45) is 0 Å². The second-order valence-electron chi connectivity index (χ2n) is 4.87. The molecule has 0 heterocycles. The van der Waals surface area contributed by atoms with Gasteiger partial charge < -0.3 is 4.74 Å². The highest BCUT2D eigenvalue weighted by molar-refractivity contribution is 9.10. The normalized spacial score (nSPS) is 23.7. The maximum Gasteiger partial charge on any atom is 0.242 e. The number of rotatable bonds is 4. The molecule has 19 heavy (non-hydrogen) atoms. The van der Waals surface area contributed by atoms with Crippen molar-refractivity contribution < 1.29 is 13.2 Å².